The molecular formula is C26H30N4O3. The second kappa shape index (κ2) is 10.3. The minimum absolute atomic E-state index is 0.00309. The van der Waals surface area contributed by atoms with Gasteiger partial charge in [-0.25, -0.2) is 9.97 Å². The fourth-order valence-corrected chi connectivity index (χ4v) is 4.04. The van der Waals surface area contributed by atoms with Gasteiger partial charge in [-0.05, 0) is 29.7 Å². The molecule has 0 bridgehead atoms. The van der Waals surface area contributed by atoms with Crippen molar-refractivity contribution in [2.45, 2.75) is 38.8 Å². The van der Waals surface area contributed by atoms with Crippen molar-refractivity contribution in [1.29, 1.82) is 0 Å². The molecule has 1 aliphatic rings. The Hall–Kier alpha value is -3.61. The van der Waals surface area contributed by atoms with E-state index in [1.807, 2.05) is 12.1 Å². The van der Waals surface area contributed by atoms with Crippen LogP contribution in [0.15, 0.2) is 55.4 Å². The Bertz CT molecular complexity index is 1120. The Morgan fingerprint density at radius 1 is 1.15 bits per heavy atom. The summed E-state index contributed by atoms with van der Waals surface area (Å²) in [5.74, 6) is 2.00. The maximum atomic E-state index is 11.8. The number of fused-ring (bicyclic) bond motifs is 1. The molecule has 1 aliphatic heterocycles. The predicted octanol–water partition coefficient (Wildman–Crippen LogP) is 4.37. The fraction of sp³-hybridized carbons (Fsp3) is 0.346. The molecule has 172 valence electrons. The summed E-state index contributed by atoms with van der Waals surface area (Å²) in [6.45, 7) is 7.68. The van der Waals surface area contributed by atoms with Gasteiger partial charge in [0.25, 0.3) is 0 Å². The van der Waals surface area contributed by atoms with Gasteiger partial charge in [0.15, 0.2) is 11.5 Å². The van der Waals surface area contributed by atoms with Crippen LogP contribution in [0, 0.1) is 0 Å². The molecule has 1 aromatic heterocycles. The van der Waals surface area contributed by atoms with Gasteiger partial charge in [0.1, 0.15) is 18.2 Å². The van der Waals surface area contributed by atoms with Crippen molar-refractivity contribution in [2.24, 2.45) is 0 Å². The van der Waals surface area contributed by atoms with Crippen molar-refractivity contribution in [2.75, 3.05) is 25.5 Å². The van der Waals surface area contributed by atoms with Gasteiger partial charge in [0, 0.05) is 43.9 Å². The molecule has 1 fully saturated rings. The highest BCUT2D eigenvalue weighted by Crippen LogP contribution is 2.35. The lowest BCUT2D eigenvalue weighted by molar-refractivity contribution is -0.127. The first kappa shape index (κ1) is 22.6. The van der Waals surface area contributed by atoms with Gasteiger partial charge in [0.2, 0.25) is 5.91 Å². The van der Waals surface area contributed by atoms with Gasteiger partial charge in [-0.3, -0.25) is 4.79 Å². The van der Waals surface area contributed by atoms with E-state index in [-0.39, 0.29) is 12.0 Å². The Morgan fingerprint density at radius 2 is 1.88 bits per heavy atom. The van der Waals surface area contributed by atoms with Crippen LogP contribution in [-0.2, 0) is 17.8 Å². The summed E-state index contributed by atoms with van der Waals surface area (Å²) in [5, 5.41) is 4.31. The van der Waals surface area contributed by atoms with E-state index in [4.69, 9.17) is 9.47 Å². The number of amides is 1. The molecule has 2 aromatic carbocycles. The van der Waals surface area contributed by atoms with Gasteiger partial charge in [-0.2, -0.15) is 0 Å². The number of ether oxygens (including phenoxy) is 2. The van der Waals surface area contributed by atoms with Crippen LogP contribution >= 0.6 is 0 Å². The van der Waals surface area contributed by atoms with Crippen LogP contribution < -0.4 is 14.8 Å². The summed E-state index contributed by atoms with van der Waals surface area (Å²) in [7, 11) is 1.62. The summed E-state index contributed by atoms with van der Waals surface area (Å²) >= 11 is 0. The van der Waals surface area contributed by atoms with E-state index in [1.165, 1.54) is 17.2 Å². The SMILES string of the molecule is C=CC(=O)N1CCC(Oc2cc3c(NCc4ccc(CC)cc4)ncnc3cc2OC)CC1. The number of rotatable bonds is 8. The zero-order valence-electron chi connectivity index (χ0n) is 19.2. The Labute approximate surface area is 194 Å². The second-order valence-electron chi connectivity index (χ2n) is 8.11. The molecule has 1 saturated heterocycles. The number of hydrogen-bond donors (Lipinski definition) is 1. The first-order chi connectivity index (χ1) is 16.1. The molecule has 0 unspecified atom stereocenters. The van der Waals surface area contributed by atoms with Crippen LogP contribution in [0.3, 0.4) is 0 Å². The lowest BCUT2D eigenvalue weighted by Crippen LogP contribution is -2.41. The average molecular weight is 447 g/mol. The quantitative estimate of drug-likeness (QED) is 0.518. The number of carbonyl (C=O) groups excluding carboxylic acids is 1. The van der Waals surface area contributed by atoms with Gasteiger partial charge in [-0.15, -0.1) is 0 Å². The molecule has 7 heteroatoms. The van der Waals surface area contributed by atoms with E-state index in [2.05, 4.69) is 53.1 Å². The van der Waals surface area contributed by atoms with Crippen LogP contribution in [0.4, 0.5) is 5.82 Å². The third kappa shape index (κ3) is 5.25. The molecule has 1 N–H and O–H groups in total. The van der Waals surface area contributed by atoms with Crippen molar-refractivity contribution in [3.05, 3.63) is 66.5 Å². The maximum absolute atomic E-state index is 11.8. The van der Waals surface area contributed by atoms with E-state index in [0.29, 0.717) is 31.1 Å². The molecule has 2 heterocycles. The van der Waals surface area contributed by atoms with Gasteiger partial charge >= 0.3 is 0 Å². The number of piperidine rings is 1. The van der Waals surface area contributed by atoms with Gasteiger partial charge in [0.05, 0.1) is 12.6 Å². The second-order valence-corrected chi connectivity index (χ2v) is 8.11. The van der Waals surface area contributed by atoms with Gasteiger partial charge < -0.3 is 19.7 Å². The third-order valence-corrected chi connectivity index (χ3v) is 6.03. The Balaban J connectivity index is 1.52. The molecule has 0 radical (unpaired) electrons. The highest BCUT2D eigenvalue weighted by Gasteiger charge is 2.24. The highest BCUT2D eigenvalue weighted by atomic mass is 16.5. The van der Waals surface area contributed by atoms with E-state index in [9.17, 15) is 4.79 Å². The number of likely N-dealkylation sites (tertiary alicyclic amines) is 1. The molecule has 3 aromatic rings. The minimum atomic E-state index is -0.0334. The number of anilines is 1. The summed E-state index contributed by atoms with van der Waals surface area (Å²) < 4.78 is 11.9. The molecule has 0 atom stereocenters. The van der Waals surface area contributed by atoms with Gasteiger partial charge in [-0.1, -0.05) is 37.8 Å². The number of nitrogens with zero attached hydrogens (tertiary/aromatic N) is 3. The molecule has 0 spiro atoms. The highest BCUT2D eigenvalue weighted by molar-refractivity contribution is 5.91. The predicted molar refractivity (Wildman–Crippen MR) is 130 cm³/mol. The van der Waals surface area contributed by atoms with Crippen LogP contribution in [0.1, 0.15) is 30.9 Å². The molecular weight excluding hydrogens is 416 g/mol. The molecule has 1 amide bonds. The van der Waals surface area contributed by atoms with Crippen molar-refractivity contribution < 1.29 is 14.3 Å². The van der Waals surface area contributed by atoms with E-state index in [0.717, 1.165) is 36.0 Å². The lowest BCUT2D eigenvalue weighted by atomic mass is 10.1. The maximum Gasteiger partial charge on any atom is 0.245 e. The summed E-state index contributed by atoms with van der Waals surface area (Å²) in [4.78, 5) is 22.5. The normalized spacial score (nSPS) is 14.2. The molecule has 0 saturated carbocycles. The number of methoxy groups -OCH3 is 1. The Morgan fingerprint density at radius 3 is 2.55 bits per heavy atom. The lowest BCUT2D eigenvalue weighted by Gasteiger charge is -2.31. The smallest absolute Gasteiger partial charge is 0.245 e. The zero-order valence-corrected chi connectivity index (χ0v) is 19.2. The number of nitrogens with one attached hydrogen (secondary N) is 1. The summed E-state index contributed by atoms with van der Waals surface area (Å²) in [5.41, 5.74) is 3.29. The third-order valence-electron chi connectivity index (χ3n) is 6.03. The van der Waals surface area contributed by atoms with Crippen LogP contribution in [-0.4, -0.2) is 47.1 Å². The number of hydrogen-bond acceptors (Lipinski definition) is 6. The van der Waals surface area contributed by atoms with Crippen molar-refractivity contribution in [3.63, 3.8) is 0 Å². The minimum Gasteiger partial charge on any atom is -0.493 e. The average Bonchev–Trinajstić information content (AvgIpc) is 2.87. The molecule has 33 heavy (non-hydrogen) atoms. The molecule has 0 aliphatic carbocycles. The fourth-order valence-electron chi connectivity index (χ4n) is 4.04. The number of benzene rings is 2. The standard InChI is InChI=1S/C26H30N4O3/c1-4-18-6-8-19(9-7-18)16-27-26-21-14-24(23(32-3)15-22(21)28-17-29-26)33-20-10-12-30(13-11-20)25(31)5-2/h5-9,14-15,17,20H,2,4,10-13,16H2,1,3H3,(H,27,28,29). The number of aryl methyl sites for hydroxylation is 1. The van der Waals surface area contributed by atoms with Crippen LogP contribution in [0.2, 0.25) is 0 Å². The first-order valence-electron chi connectivity index (χ1n) is 11.3. The topological polar surface area (TPSA) is 76.6 Å². The Kier molecular flexibility index (Phi) is 7.07. The largest absolute Gasteiger partial charge is 0.493 e. The van der Waals surface area contributed by atoms with Crippen LogP contribution in [0.5, 0.6) is 11.5 Å². The molecule has 7 nitrogen and oxygen atoms in total. The molecule has 4 rings (SSSR count). The summed E-state index contributed by atoms with van der Waals surface area (Å²) in [6, 6.07) is 12.4. The zero-order chi connectivity index (χ0) is 23.2. The van der Waals surface area contributed by atoms with Crippen LogP contribution in [0.25, 0.3) is 10.9 Å². The number of carbonyl (C=O) groups is 1. The van der Waals surface area contributed by atoms with E-state index >= 15 is 0 Å². The van der Waals surface area contributed by atoms with Crippen molar-refractivity contribution >= 4 is 22.6 Å². The first-order valence-corrected chi connectivity index (χ1v) is 11.3. The van der Waals surface area contributed by atoms with E-state index in [1.54, 1.807) is 18.3 Å². The van der Waals surface area contributed by atoms with Crippen molar-refractivity contribution in [3.8, 4) is 11.5 Å². The van der Waals surface area contributed by atoms with E-state index < -0.39 is 0 Å². The number of aromatic nitrogens is 2. The van der Waals surface area contributed by atoms with Crippen molar-refractivity contribution in [1.82, 2.24) is 14.9 Å². The monoisotopic (exact) mass is 446 g/mol. The summed E-state index contributed by atoms with van der Waals surface area (Å²) in [6.07, 6.45) is 5.45.